The van der Waals surface area contributed by atoms with Crippen LogP contribution in [0.5, 0.6) is 0 Å². The van der Waals surface area contributed by atoms with Crippen molar-refractivity contribution in [3.63, 3.8) is 0 Å². The van der Waals surface area contributed by atoms with Gasteiger partial charge in [-0.15, -0.1) is 0 Å². The molecule has 2 saturated heterocycles. The van der Waals surface area contributed by atoms with E-state index in [1.165, 1.54) is 0 Å². The van der Waals surface area contributed by atoms with Crippen molar-refractivity contribution in [1.82, 2.24) is 4.90 Å². The molecule has 0 amide bonds. The molecule has 16 heavy (non-hydrogen) atoms. The van der Waals surface area contributed by atoms with E-state index in [9.17, 15) is 5.11 Å². The first kappa shape index (κ1) is 12.3. The molecule has 0 radical (unpaired) electrons. The number of nitrogens with zero attached hydrogens (tertiary/aromatic N) is 1. The van der Waals surface area contributed by atoms with E-state index < -0.39 is 0 Å². The monoisotopic (exact) mass is 227 g/mol. The van der Waals surface area contributed by atoms with Gasteiger partial charge in [-0.25, -0.2) is 0 Å². The highest BCUT2D eigenvalue weighted by Gasteiger charge is 2.41. The third kappa shape index (κ3) is 2.58. The number of ether oxygens (including phenoxy) is 1. The molecular formula is C13H25NO2. The van der Waals surface area contributed by atoms with Gasteiger partial charge < -0.3 is 9.84 Å². The first-order valence-electron chi connectivity index (χ1n) is 6.50. The summed E-state index contributed by atoms with van der Waals surface area (Å²) in [5.74, 6) is 0. The van der Waals surface area contributed by atoms with Crippen LogP contribution >= 0.6 is 0 Å². The van der Waals surface area contributed by atoms with E-state index in [0.29, 0.717) is 12.1 Å². The van der Waals surface area contributed by atoms with E-state index in [1.807, 2.05) is 0 Å². The Morgan fingerprint density at radius 2 is 1.81 bits per heavy atom. The van der Waals surface area contributed by atoms with Gasteiger partial charge in [0.1, 0.15) is 0 Å². The van der Waals surface area contributed by atoms with E-state index in [0.717, 1.165) is 39.0 Å². The molecule has 2 atom stereocenters. The van der Waals surface area contributed by atoms with Crippen LogP contribution in [0.25, 0.3) is 0 Å². The fourth-order valence-corrected chi connectivity index (χ4v) is 3.11. The van der Waals surface area contributed by atoms with E-state index in [1.54, 1.807) is 0 Å². The van der Waals surface area contributed by atoms with Gasteiger partial charge in [-0.1, -0.05) is 20.8 Å². The van der Waals surface area contributed by atoms with E-state index >= 15 is 0 Å². The molecular weight excluding hydrogens is 202 g/mol. The molecule has 94 valence electrons. The molecule has 2 aliphatic rings. The van der Waals surface area contributed by atoms with Gasteiger partial charge in [0, 0.05) is 31.8 Å². The van der Waals surface area contributed by atoms with Crippen LogP contribution in [0.1, 0.15) is 40.0 Å². The summed E-state index contributed by atoms with van der Waals surface area (Å²) in [6.45, 7) is 9.46. The maximum Gasteiger partial charge on any atom is 0.0682 e. The topological polar surface area (TPSA) is 32.7 Å². The van der Waals surface area contributed by atoms with Crippen molar-refractivity contribution in [3.05, 3.63) is 0 Å². The minimum absolute atomic E-state index is 0.132. The molecule has 0 aromatic carbocycles. The summed E-state index contributed by atoms with van der Waals surface area (Å²) in [7, 11) is 0. The summed E-state index contributed by atoms with van der Waals surface area (Å²) in [6, 6.07) is 1.14. The van der Waals surface area contributed by atoms with Crippen LogP contribution in [0.2, 0.25) is 0 Å². The second-order valence-corrected chi connectivity index (χ2v) is 6.31. The highest BCUT2D eigenvalue weighted by molar-refractivity contribution is 4.95. The standard InChI is InChI=1S/C13H25NO2/c1-13(2,3)12-8-11(15)9-14(12)10-4-6-16-7-5-10/h10-12,15H,4-9H2,1-3H3/t11-,12?/m1/s1. The highest BCUT2D eigenvalue weighted by Crippen LogP contribution is 2.35. The number of rotatable bonds is 1. The SMILES string of the molecule is CC(C)(C)C1C[C@@H](O)CN1C1CCOCC1. The van der Waals surface area contributed by atoms with Crippen LogP contribution in [-0.2, 0) is 4.74 Å². The minimum atomic E-state index is -0.132. The van der Waals surface area contributed by atoms with Gasteiger partial charge in [-0.2, -0.15) is 0 Å². The lowest BCUT2D eigenvalue weighted by molar-refractivity contribution is 0.00806. The van der Waals surface area contributed by atoms with Gasteiger partial charge in [0.15, 0.2) is 0 Å². The fourth-order valence-electron chi connectivity index (χ4n) is 3.11. The maximum atomic E-state index is 9.89. The summed E-state index contributed by atoms with van der Waals surface area (Å²) in [5, 5.41) is 9.89. The average molecular weight is 227 g/mol. The van der Waals surface area contributed by atoms with Gasteiger partial charge in [0.2, 0.25) is 0 Å². The molecule has 0 aliphatic carbocycles. The molecule has 0 aromatic heterocycles. The molecule has 2 rings (SSSR count). The lowest BCUT2D eigenvalue weighted by Gasteiger charge is -2.41. The van der Waals surface area contributed by atoms with Crippen molar-refractivity contribution >= 4 is 0 Å². The van der Waals surface area contributed by atoms with Crippen molar-refractivity contribution in [2.75, 3.05) is 19.8 Å². The van der Waals surface area contributed by atoms with E-state index in [4.69, 9.17) is 4.74 Å². The van der Waals surface area contributed by atoms with Crippen molar-refractivity contribution in [2.24, 2.45) is 5.41 Å². The molecule has 2 heterocycles. The lowest BCUT2D eigenvalue weighted by atomic mass is 9.84. The van der Waals surface area contributed by atoms with Crippen molar-refractivity contribution in [1.29, 1.82) is 0 Å². The smallest absolute Gasteiger partial charge is 0.0682 e. The Balaban J connectivity index is 2.05. The van der Waals surface area contributed by atoms with Crippen LogP contribution in [0.15, 0.2) is 0 Å². The molecule has 1 N–H and O–H groups in total. The van der Waals surface area contributed by atoms with Crippen LogP contribution in [0.3, 0.4) is 0 Å². The zero-order chi connectivity index (χ0) is 11.8. The quantitative estimate of drug-likeness (QED) is 0.739. The molecule has 0 bridgehead atoms. The first-order valence-corrected chi connectivity index (χ1v) is 6.50. The van der Waals surface area contributed by atoms with E-state index in [-0.39, 0.29) is 11.5 Å². The summed E-state index contributed by atoms with van der Waals surface area (Å²) in [4.78, 5) is 2.53. The molecule has 3 nitrogen and oxygen atoms in total. The zero-order valence-corrected chi connectivity index (χ0v) is 10.8. The van der Waals surface area contributed by atoms with Crippen LogP contribution in [-0.4, -0.2) is 48.0 Å². The zero-order valence-electron chi connectivity index (χ0n) is 10.8. The van der Waals surface area contributed by atoms with Gasteiger partial charge in [0.25, 0.3) is 0 Å². The summed E-state index contributed by atoms with van der Waals surface area (Å²) in [5.41, 5.74) is 0.260. The number of aliphatic hydroxyl groups excluding tert-OH is 1. The number of β-amino-alcohol motifs (C(OH)–C–C–N with tert-alkyl or cyclic N) is 1. The van der Waals surface area contributed by atoms with E-state index in [2.05, 4.69) is 25.7 Å². The van der Waals surface area contributed by atoms with Gasteiger partial charge >= 0.3 is 0 Å². The normalized spacial score (nSPS) is 34.5. The second-order valence-electron chi connectivity index (χ2n) is 6.31. The molecule has 2 fully saturated rings. The van der Waals surface area contributed by atoms with Crippen molar-refractivity contribution in [2.45, 2.75) is 58.2 Å². The van der Waals surface area contributed by atoms with Crippen LogP contribution in [0, 0.1) is 5.41 Å². The summed E-state index contributed by atoms with van der Waals surface area (Å²) in [6.07, 6.45) is 3.05. The molecule has 0 spiro atoms. The number of hydrogen-bond donors (Lipinski definition) is 1. The Labute approximate surface area is 98.8 Å². The second kappa shape index (κ2) is 4.63. The van der Waals surface area contributed by atoms with Crippen LogP contribution < -0.4 is 0 Å². The third-order valence-corrected chi connectivity index (χ3v) is 3.98. The predicted molar refractivity (Wildman–Crippen MR) is 64.4 cm³/mol. The number of aliphatic hydroxyl groups is 1. The minimum Gasteiger partial charge on any atom is -0.392 e. The lowest BCUT2D eigenvalue weighted by Crippen LogP contribution is -2.47. The predicted octanol–water partition coefficient (Wildman–Crippen LogP) is 1.65. The van der Waals surface area contributed by atoms with Gasteiger partial charge in [0.05, 0.1) is 6.10 Å². The van der Waals surface area contributed by atoms with Gasteiger partial charge in [-0.3, -0.25) is 4.90 Å². The Bertz CT molecular complexity index is 231. The Morgan fingerprint density at radius 1 is 1.19 bits per heavy atom. The number of hydrogen-bond acceptors (Lipinski definition) is 3. The molecule has 2 aliphatic heterocycles. The highest BCUT2D eigenvalue weighted by atomic mass is 16.5. The maximum absolute atomic E-state index is 9.89. The largest absolute Gasteiger partial charge is 0.392 e. The summed E-state index contributed by atoms with van der Waals surface area (Å²) < 4.78 is 5.42. The number of likely N-dealkylation sites (tertiary alicyclic amines) is 1. The summed E-state index contributed by atoms with van der Waals surface area (Å²) >= 11 is 0. The Hall–Kier alpha value is -0.120. The van der Waals surface area contributed by atoms with Crippen molar-refractivity contribution in [3.8, 4) is 0 Å². The average Bonchev–Trinajstić information content (AvgIpc) is 2.61. The van der Waals surface area contributed by atoms with Crippen molar-refractivity contribution < 1.29 is 9.84 Å². The molecule has 1 unspecified atom stereocenters. The molecule has 0 saturated carbocycles. The third-order valence-electron chi connectivity index (χ3n) is 3.98. The Morgan fingerprint density at radius 3 is 2.38 bits per heavy atom. The van der Waals surface area contributed by atoms with Crippen LogP contribution in [0.4, 0.5) is 0 Å². The molecule has 3 heteroatoms. The molecule has 0 aromatic rings. The first-order chi connectivity index (χ1) is 7.48. The Kier molecular flexibility index (Phi) is 3.57. The van der Waals surface area contributed by atoms with Gasteiger partial charge in [-0.05, 0) is 24.7 Å². The fraction of sp³-hybridized carbons (Fsp3) is 1.00.